The van der Waals surface area contributed by atoms with E-state index in [-0.39, 0.29) is 0 Å². The van der Waals surface area contributed by atoms with Crippen molar-refractivity contribution in [1.82, 2.24) is 19.9 Å². The molecule has 36 heavy (non-hydrogen) atoms. The van der Waals surface area contributed by atoms with Crippen LogP contribution in [0.15, 0.2) is 91.8 Å². The standard InChI is InChI=1S/C30H26N6/c1-18(20-8-9-20)35-24-11-22(15-33-17-24)23-12-26(19(2)34-16-23)30(31)29-13-27-25(6-3-7-28(27)36-29)21-5-4-10-32-14-21/h3-7,10-17,20,31,35-36H,1,8-9H2,2H3. The Balaban J connectivity index is 1.34. The summed E-state index contributed by atoms with van der Waals surface area (Å²) in [6.07, 6.45) is 11.5. The monoisotopic (exact) mass is 470 g/mol. The van der Waals surface area contributed by atoms with Gasteiger partial charge in [0.1, 0.15) is 0 Å². The molecule has 1 saturated carbocycles. The van der Waals surface area contributed by atoms with E-state index in [1.165, 1.54) is 12.8 Å². The summed E-state index contributed by atoms with van der Waals surface area (Å²) < 4.78 is 0. The van der Waals surface area contributed by atoms with Gasteiger partial charge in [-0.15, -0.1) is 0 Å². The lowest BCUT2D eigenvalue weighted by Crippen LogP contribution is -2.06. The molecule has 1 aliphatic rings. The van der Waals surface area contributed by atoms with Crippen LogP contribution < -0.4 is 5.32 Å². The summed E-state index contributed by atoms with van der Waals surface area (Å²) in [6, 6.07) is 16.3. The zero-order valence-corrected chi connectivity index (χ0v) is 20.0. The smallest absolute Gasteiger partial charge is 0.0865 e. The molecule has 0 aliphatic heterocycles. The summed E-state index contributed by atoms with van der Waals surface area (Å²) in [5, 5.41) is 13.5. The van der Waals surface area contributed by atoms with Crippen LogP contribution in [0.2, 0.25) is 0 Å². The van der Waals surface area contributed by atoms with Crippen molar-refractivity contribution < 1.29 is 0 Å². The largest absolute Gasteiger partial charge is 0.358 e. The number of hydrogen-bond acceptors (Lipinski definition) is 5. The Morgan fingerprint density at radius 3 is 2.61 bits per heavy atom. The number of anilines is 1. The highest BCUT2D eigenvalue weighted by atomic mass is 14.9. The first-order valence-corrected chi connectivity index (χ1v) is 12.1. The third-order valence-corrected chi connectivity index (χ3v) is 6.71. The van der Waals surface area contributed by atoms with Crippen LogP contribution >= 0.6 is 0 Å². The van der Waals surface area contributed by atoms with Crippen molar-refractivity contribution in [2.24, 2.45) is 5.92 Å². The molecule has 6 rings (SSSR count). The first kappa shape index (κ1) is 21.9. The van der Waals surface area contributed by atoms with Gasteiger partial charge >= 0.3 is 0 Å². The fourth-order valence-electron chi connectivity index (χ4n) is 4.54. The predicted octanol–water partition coefficient (Wildman–Crippen LogP) is 6.75. The molecule has 3 N–H and O–H groups in total. The topological polar surface area (TPSA) is 90.3 Å². The first-order valence-electron chi connectivity index (χ1n) is 12.1. The predicted molar refractivity (Wildman–Crippen MR) is 145 cm³/mol. The van der Waals surface area contributed by atoms with Crippen molar-refractivity contribution in [3.63, 3.8) is 0 Å². The number of H-pyrrole nitrogens is 1. The van der Waals surface area contributed by atoms with Crippen molar-refractivity contribution in [1.29, 1.82) is 5.41 Å². The molecule has 0 amide bonds. The van der Waals surface area contributed by atoms with Gasteiger partial charge in [-0.1, -0.05) is 24.8 Å². The molecule has 6 nitrogen and oxygen atoms in total. The van der Waals surface area contributed by atoms with Crippen LogP contribution in [-0.4, -0.2) is 25.6 Å². The van der Waals surface area contributed by atoms with E-state index in [1.54, 1.807) is 6.20 Å². The molecule has 6 heteroatoms. The van der Waals surface area contributed by atoms with Gasteiger partial charge in [0, 0.05) is 69.3 Å². The molecule has 176 valence electrons. The van der Waals surface area contributed by atoms with Crippen LogP contribution in [0.1, 0.15) is 29.8 Å². The summed E-state index contributed by atoms with van der Waals surface area (Å²) in [5.41, 5.74) is 9.67. The minimum absolute atomic E-state index is 0.402. The van der Waals surface area contributed by atoms with E-state index >= 15 is 0 Å². The summed E-state index contributed by atoms with van der Waals surface area (Å²) in [4.78, 5) is 16.7. The van der Waals surface area contributed by atoms with E-state index in [0.29, 0.717) is 11.6 Å². The van der Waals surface area contributed by atoms with Gasteiger partial charge in [0.2, 0.25) is 0 Å². The Hall–Kier alpha value is -4.58. The minimum atomic E-state index is 0.402. The van der Waals surface area contributed by atoms with E-state index < -0.39 is 0 Å². The molecular weight excluding hydrogens is 444 g/mol. The van der Waals surface area contributed by atoms with E-state index in [4.69, 9.17) is 5.41 Å². The summed E-state index contributed by atoms with van der Waals surface area (Å²) >= 11 is 0. The highest BCUT2D eigenvalue weighted by Crippen LogP contribution is 2.36. The number of fused-ring (bicyclic) bond motifs is 1. The van der Waals surface area contributed by atoms with Gasteiger partial charge in [0.25, 0.3) is 0 Å². The molecule has 4 heterocycles. The van der Waals surface area contributed by atoms with E-state index in [1.807, 2.05) is 68.1 Å². The van der Waals surface area contributed by atoms with Gasteiger partial charge in [-0.05, 0) is 61.6 Å². The Bertz CT molecular complexity index is 1610. The van der Waals surface area contributed by atoms with Crippen molar-refractivity contribution in [2.75, 3.05) is 5.32 Å². The molecule has 1 aromatic carbocycles. The number of pyridine rings is 3. The van der Waals surface area contributed by atoms with Crippen LogP contribution in [0.25, 0.3) is 33.2 Å². The summed E-state index contributed by atoms with van der Waals surface area (Å²) in [7, 11) is 0. The van der Waals surface area contributed by atoms with Crippen LogP contribution in [0, 0.1) is 18.3 Å². The van der Waals surface area contributed by atoms with Crippen molar-refractivity contribution in [3.8, 4) is 22.3 Å². The van der Waals surface area contributed by atoms with Crippen molar-refractivity contribution in [3.05, 3.63) is 109 Å². The Morgan fingerprint density at radius 1 is 0.972 bits per heavy atom. The third-order valence-electron chi connectivity index (χ3n) is 6.71. The van der Waals surface area contributed by atoms with Crippen LogP contribution in [0.3, 0.4) is 0 Å². The number of benzene rings is 1. The molecule has 0 radical (unpaired) electrons. The third kappa shape index (κ3) is 4.18. The lowest BCUT2D eigenvalue weighted by atomic mass is 10.00. The molecule has 5 aromatic rings. The number of aromatic amines is 1. The lowest BCUT2D eigenvalue weighted by Gasteiger charge is -2.11. The minimum Gasteiger partial charge on any atom is -0.358 e. The zero-order valence-electron chi connectivity index (χ0n) is 20.0. The van der Waals surface area contributed by atoms with E-state index in [2.05, 4.69) is 44.0 Å². The molecule has 1 fully saturated rings. The van der Waals surface area contributed by atoms with E-state index in [0.717, 1.165) is 61.5 Å². The zero-order chi connectivity index (χ0) is 24.6. The van der Waals surface area contributed by atoms with Gasteiger partial charge in [0.15, 0.2) is 0 Å². The number of nitrogens with one attached hydrogen (secondary N) is 3. The molecule has 0 unspecified atom stereocenters. The first-order chi connectivity index (χ1) is 17.6. The molecular formula is C30H26N6. The number of rotatable bonds is 7. The maximum Gasteiger partial charge on any atom is 0.0865 e. The van der Waals surface area contributed by atoms with Crippen LogP contribution in [0.5, 0.6) is 0 Å². The highest BCUT2D eigenvalue weighted by Gasteiger charge is 2.24. The fraction of sp³-hybridized carbons (Fsp3) is 0.133. The molecule has 4 aromatic heterocycles. The van der Waals surface area contributed by atoms with Gasteiger partial charge in [-0.2, -0.15) is 0 Å². The molecule has 0 bridgehead atoms. The van der Waals surface area contributed by atoms with Crippen LogP contribution in [0.4, 0.5) is 5.69 Å². The number of allylic oxidation sites excluding steroid dienone is 1. The highest BCUT2D eigenvalue weighted by molar-refractivity contribution is 6.14. The Labute approximate surface area is 209 Å². The molecule has 1 aliphatic carbocycles. The van der Waals surface area contributed by atoms with Crippen molar-refractivity contribution in [2.45, 2.75) is 19.8 Å². The molecule has 0 atom stereocenters. The van der Waals surface area contributed by atoms with E-state index in [9.17, 15) is 0 Å². The number of aromatic nitrogens is 4. The second-order valence-corrected chi connectivity index (χ2v) is 9.31. The second-order valence-electron chi connectivity index (χ2n) is 9.31. The SMILES string of the molecule is C=C(Nc1cncc(-c2cnc(C)c(C(=N)c3cc4c(-c5cccnc5)cccc4[nH]3)c2)c1)C1CC1. The maximum atomic E-state index is 9.04. The normalized spacial score (nSPS) is 13.0. The quantitative estimate of drug-likeness (QED) is 0.230. The molecule has 0 spiro atoms. The average molecular weight is 471 g/mol. The van der Waals surface area contributed by atoms with Crippen molar-refractivity contribution >= 4 is 22.3 Å². The summed E-state index contributed by atoms with van der Waals surface area (Å²) in [6.45, 7) is 6.09. The Morgan fingerprint density at radius 2 is 1.81 bits per heavy atom. The van der Waals surface area contributed by atoms with Gasteiger partial charge < -0.3 is 10.3 Å². The van der Waals surface area contributed by atoms with Gasteiger partial charge in [-0.3, -0.25) is 20.4 Å². The maximum absolute atomic E-state index is 9.04. The second kappa shape index (κ2) is 8.89. The summed E-state index contributed by atoms with van der Waals surface area (Å²) in [5.74, 6) is 0.566. The lowest BCUT2D eigenvalue weighted by molar-refractivity contribution is 1.02. The van der Waals surface area contributed by atoms with Gasteiger partial charge in [0.05, 0.1) is 23.3 Å². The van der Waals surface area contributed by atoms with Crippen LogP contribution in [-0.2, 0) is 0 Å². The van der Waals surface area contributed by atoms with Gasteiger partial charge in [-0.25, -0.2) is 0 Å². The number of aryl methyl sites for hydroxylation is 1. The fourth-order valence-corrected chi connectivity index (χ4v) is 4.54. The number of hydrogen-bond donors (Lipinski definition) is 3. The Kier molecular flexibility index (Phi) is 5.41. The number of nitrogens with zero attached hydrogens (tertiary/aromatic N) is 3. The molecule has 0 saturated heterocycles. The average Bonchev–Trinajstić information content (AvgIpc) is 3.67.